The highest BCUT2D eigenvalue weighted by atomic mass is 16.1. The molecule has 1 unspecified atom stereocenters. The van der Waals surface area contributed by atoms with Crippen molar-refractivity contribution in [3.63, 3.8) is 0 Å². The molecule has 1 aromatic heterocycles. The Morgan fingerprint density at radius 2 is 2.41 bits per heavy atom. The minimum Gasteiger partial charge on any atom is -0.369 e. The van der Waals surface area contributed by atoms with Crippen molar-refractivity contribution in [1.29, 1.82) is 0 Å². The number of anilines is 1. The Morgan fingerprint density at radius 3 is 3.00 bits per heavy atom. The van der Waals surface area contributed by atoms with Crippen molar-refractivity contribution in [2.45, 2.75) is 19.9 Å². The molecule has 0 spiro atoms. The fourth-order valence-corrected chi connectivity index (χ4v) is 2.24. The predicted octanol–water partition coefficient (Wildman–Crippen LogP) is 0.242. The van der Waals surface area contributed by atoms with E-state index in [0.29, 0.717) is 13.1 Å². The second-order valence-corrected chi connectivity index (χ2v) is 4.80. The lowest BCUT2D eigenvalue weighted by atomic mass is 9.89. The average Bonchev–Trinajstić information content (AvgIpc) is 2.73. The van der Waals surface area contributed by atoms with Crippen LogP contribution < -0.4 is 16.4 Å². The zero-order chi connectivity index (χ0) is 12.5. The van der Waals surface area contributed by atoms with E-state index < -0.39 is 5.41 Å². The van der Waals surface area contributed by atoms with Gasteiger partial charge in [-0.05, 0) is 25.0 Å². The molecule has 0 bridgehead atoms. The van der Waals surface area contributed by atoms with E-state index in [2.05, 4.69) is 9.88 Å². The number of hydrogen-bond donors (Lipinski definition) is 2. The molecule has 2 rings (SSSR count). The number of hydrogen-bond acceptors (Lipinski definition) is 4. The van der Waals surface area contributed by atoms with Crippen LogP contribution in [-0.4, -0.2) is 24.0 Å². The standard InChI is InChI=1S/C12H18N4O/c1-12(11(14)17)3-5-16(8-12)10-7-15-4-2-9(10)6-13/h2,4,7H,3,5-6,8,13H2,1H3,(H2,14,17). The summed E-state index contributed by atoms with van der Waals surface area (Å²) in [5, 5.41) is 0. The van der Waals surface area contributed by atoms with E-state index in [1.54, 1.807) is 12.4 Å². The summed E-state index contributed by atoms with van der Waals surface area (Å²) in [6, 6.07) is 1.91. The quantitative estimate of drug-likeness (QED) is 0.784. The fourth-order valence-electron chi connectivity index (χ4n) is 2.24. The van der Waals surface area contributed by atoms with Crippen LogP contribution in [0.5, 0.6) is 0 Å². The highest BCUT2D eigenvalue weighted by molar-refractivity contribution is 5.82. The van der Waals surface area contributed by atoms with Crippen LogP contribution in [0.15, 0.2) is 18.5 Å². The maximum atomic E-state index is 11.4. The molecular formula is C12H18N4O. The number of amides is 1. The van der Waals surface area contributed by atoms with Gasteiger partial charge in [-0.25, -0.2) is 0 Å². The van der Waals surface area contributed by atoms with Crippen molar-refractivity contribution in [3.8, 4) is 0 Å². The molecule has 0 aromatic carbocycles. The van der Waals surface area contributed by atoms with Crippen molar-refractivity contribution in [1.82, 2.24) is 4.98 Å². The molecule has 1 atom stereocenters. The zero-order valence-electron chi connectivity index (χ0n) is 10.0. The molecule has 1 aromatic rings. The first kappa shape index (κ1) is 11.9. The number of carbonyl (C=O) groups excluding carboxylic acids is 1. The van der Waals surface area contributed by atoms with Gasteiger partial charge in [0.25, 0.3) is 0 Å². The number of aromatic nitrogens is 1. The monoisotopic (exact) mass is 234 g/mol. The molecule has 0 saturated carbocycles. The van der Waals surface area contributed by atoms with E-state index in [0.717, 1.165) is 24.2 Å². The molecule has 92 valence electrons. The summed E-state index contributed by atoms with van der Waals surface area (Å²) < 4.78 is 0. The second kappa shape index (κ2) is 4.33. The maximum absolute atomic E-state index is 11.4. The van der Waals surface area contributed by atoms with Crippen LogP contribution in [0.4, 0.5) is 5.69 Å². The van der Waals surface area contributed by atoms with Gasteiger partial charge in [-0.15, -0.1) is 0 Å². The van der Waals surface area contributed by atoms with Crippen LogP contribution >= 0.6 is 0 Å². The number of nitrogens with zero attached hydrogens (tertiary/aromatic N) is 2. The SMILES string of the molecule is CC1(C(N)=O)CCN(c2cnccc2CN)C1. The van der Waals surface area contributed by atoms with Crippen LogP contribution in [0.3, 0.4) is 0 Å². The Balaban J connectivity index is 2.23. The molecule has 2 heterocycles. The van der Waals surface area contributed by atoms with Crippen molar-refractivity contribution in [2.75, 3.05) is 18.0 Å². The highest BCUT2D eigenvalue weighted by Gasteiger charge is 2.39. The van der Waals surface area contributed by atoms with Gasteiger partial charge < -0.3 is 16.4 Å². The van der Waals surface area contributed by atoms with Crippen molar-refractivity contribution in [2.24, 2.45) is 16.9 Å². The lowest BCUT2D eigenvalue weighted by molar-refractivity contribution is -0.125. The predicted molar refractivity (Wildman–Crippen MR) is 66.3 cm³/mol. The van der Waals surface area contributed by atoms with Gasteiger partial charge in [0, 0.05) is 25.8 Å². The van der Waals surface area contributed by atoms with Crippen LogP contribution in [0.2, 0.25) is 0 Å². The Morgan fingerprint density at radius 1 is 1.65 bits per heavy atom. The summed E-state index contributed by atoms with van der Waals surface area (Å²) in [5.41, 5.74) is 12.8. The van der Waals surface area contributed by atoms with Gasteiger partial charge in [0.2, 0.25) is 5.91 Å². The molecule has 1 aliphatic heterocycles. The van der Waals surface area contributed by atoms with Crippen LogP contribution in [-0.2, 0) is 11.3 Å². The zero-order valence-corrected chi connectivity index (χ0v) is 10.0. The molecule has 5 heteroatoms. The number of primary amides is 1. The fraction of sp³-hybridized carbons (Fsp3) is 0.500. The van der Waals surface area contributed by atoms with Crippen molar-refractivity contribution < 1.29 is 4.79 Å². The van der Waals surface area contributed by atoms with Gasteiger partial charge in [-0.1, -0.05) is 0 Å². The van der Waals surface area contributed by atoms with E-state index in [1.165, 1.54) is 0 Å². The third-order valence-electron chi connectivity index (χ3n) is 3.52. The van der Waals surface area contributed by atoms with E-state index in [1.807, 2.05) is 13.0 Å². The van der Waals surface area contributed by atoms with Gasteiger partial charge >= 0.3 is 0 Å². The number of rotatable bonds is 3. The van der Waals surface area contributed by atoms with Crippen LogP contribution in [0, 0.1) is 5.41 Å². The molecule has 0 radical (unpaired) electrons. The minimum absolute atomic E-state index is 0.238. The van der Waals surface area contributed by atoms with E-state index in [9.17, 15) is 4.79 Å². The molecule has 1 saturated heterocycles. The Hall–Kier alpha value is -1.62. The first-order chi connectivity index (χ1) is 8.07. The smallest absolute Gasteiger partial charge is 0.225 e. The Bertz CT molecular complexity index is 434. The molecule has 1 aliphatic rings. The van der Waals surface area contributed by atoms with E-state index >= 15 is 0 Å². The van der Waals surface area contributed by atoms with E-state index in [4.69, 9.17) is 11.5 Å². The first-order valence-corrected chi connectivity index (χ1v) is 5.74. The molecule has 5 nitrogen and oxygen atoms in total. The maximum Gasteiger partial charge on any atom is 0.225 e. The third kappa shape index (κ3) is 2.10. The molecule has 1 fully saturated rings. The summed E-state index contributed by atoms with van der Waals surface area (Å²) in [5.74, 6) is -0.238. The van der Waals surface area contributed by atoms with Crippen molar-refractivity contribution >= 4 is 11.6 Å². The Kier molecular flexibility index (Phi) is 3.02. The lowest BCUT2D eigenvalue weighted by Crippen LogP contribution is -2.37. The summed E-state index contributed by atoms with van der Waals surface area (Å²) >= 11 is 0. The van der Waals surface area contributed by atoms with Gasteiger partial charge in [-0.3, -0.25) is 9.78 Å². The van der Waals surface area contributed by atoms with Gasteiger partial charge in [-0.2, -0.15) is 0 Å². The minimum atomic E-state index is -0.443. The normalized spacial score (nSPS) is 24.0. The topological polar surface area (TPSA) is 85.2 Å². The first-order valence-electron chi connectivity index (χ1n) is 5.74. The summed E-state index contributed by atoms with van der Waals surface area (Å²) in [6.07, 6.45) is 4.31. The Labute approximate surface area is 101 Å². The van der Waals surface area contributed by atoms with Crippen LogP contribution in [0.1, 0.15) is 18.9 Å². The lowest BCUT2D eigenvalue weighted by Gasteiger charge is -2.23. The summed E-state index contributed by atoms with van der Waals surface area (Å²) in [4.78, 5) is 17.7. The second-order valence-electron chi connectivity index (χ2n) is 4.80. The summed E-state index contributed by atoms with van der Waals surface area (Å²) in [6.45, 7) is 3.84. The summed E-state index contributed by atoms with van der Waals surface area (Å²) in [7, 11) is 0. The number of nitrogens with two attached hydrogens (primary N) is 2. The average molecular weight is 234 g/mol. The third-order valence-corrected chi connectivity index (χ3v) is 3.52. The largest absolute Gasteiger partial charge is 0.369 e. The molecule has 4 N–H and O–H groups in total. The molecule has 17 heavy (non-hydrogen) atoms. The number of pyridine rings is 1. The number of carbonyl (C=O) groups is 1. The molecular weight excluding hydrogens is 216 g/mol. The van der Waals surface area contributed by atoms with Gasteiger partial charge in [0.15, 0.2) is 0 Å². The van der Waals surface area contributed by atoms with Gasteiger partial charge in [0.05, 0.1) is 17.3 Å². The van der Waals surface area contributed by atoms with Crippen LogP contribution in [0.25, 0.3) is 0 Å². The van der Waals surface area contributed by atoms with E-state index in [-0.39, 0.29) is 5.91 Å². The molecule has 1 amide bonds. The molecule has 0 aliphatic carbocycles. The van der Waals surface area contributed by atoms with Gasteiger partial charge in [0.1, 0.15) is 0 Å². The van der Waals surface area contributed by atoms with Crippen molar-refractivity contribution in [3.05, 3.63) is 24.0 Å². The highest BCUT2D eigenvalue weighted by Crippen LogP contribution is 2.33.